The second-order valence-corrected chi connectivity index (χ2v) is 2.34. The van der Waals surface area contributed by atoms with Crippen LogP contribution in [0, 0.1) is 0 Å². The van der Waals surface area contributed by atoms with Gasteiger partial charge in [0.2, 0.25) is 5.90 Å². The van der Waals surface area contributed by atoms with E-state index in [1.165, 1.54) is 0 Å². The van der Waals surface area contributed by atoms with Gasteiger partial charge in [0.25, 0.3) is 0 Å². The Morgan fingerprint density at radius 3 is 3.10 bits per heavy atom. The molecule has 1 unspecified atom stereocenters. The SMILES string of the molecule is C/C=C\C1=NC(CC)CO1. The lowest BCUT2D eigenvalue weighted by Crippen LogP contribution is -2.02. The Hall–Kier alpha value is -0.790. The van der Waals surface area contributed by atoms with Crippen LogP contribution in [0.4, 0.5) is 0 Å². The Kier molecular flexibility index (Phi) is 2.49. The summed E-state index contributed by atoms with van der Waals surface area (Å²) in [5.41, 5.74) is 0. The summed E-state index contributed by atoms with van der Waals surface area (Å²) in [5.74, 6) is 0.786. The third kappa shape index (κ3) is 1.59. The maximum atomic E-state index is 5.26. The molecule has 1 rings (SSSR count). The van der Waals surface area contributed by atoms with Crippen molar-refractivity contribution in [3.8, 4) is 0 Å². The highest BCUT2D eigenvalue weighted by molar-refractivity contribution is 5.88. The van der Waals surface area contributed by atoms with E-state index in [-0.39, 0.29) is 0 Å². The first kappa shape index (κ1) is 7.32. The van der Waals surface area contributed by atoms with E-state index in [1.807, 2.05) is 19.1 Å². The topological polar surface area (TPSA) is 21.6 Å². The first-order valence-electron chi connectivity index (χ1n) is 3.70. The third-order valence-corrected chi connectivity index (χ3v) is 1.51. The molecular formula is C8H13NO. The van der Waals surface area contributed by atoms with Crippen molar-refractivity contribution >= 4 is 5.90 Å². The average molecular weight is 139 g/mol. The molecule has 0 aromatic rings. The van der Waals surface area contributed by atoms with Crippen molar-refractivity contribution in [2.45, 2.75) is 26.3 Å². The van der Waals surface area contributed by atoms with Crippen LogP contribution in [0.5, 0.6) is 0 Å². The summed E-state index contributed by atoms with van der Waals surface area (Å²) in [6, 6.07) is 0.395. The highest BCUT2D eigenvalue weighted by Crippen LogP contribution is 2.07. The smallest absolute Gasteiger partial charge is 0.208 e. The number of nitrogens with zero attached hydrogens (tertiary/aromatic N) is 1. The largest absolute Gasteiger partial charge is 0.476 e. The molecule has 0 radical (unpaired) electrons. The Bertz CT molecular complexity index is 161. The summed E-state index contributed by atoms with van der Waals surface area (Å²) in [6.45, 7) is 4.84. The van der Waals surface area contributed by atoms with Gasteiger partial charge in [0, 0.05) is 0 Å². The molecule has 0 fully saturated rings. The van der Waals surface area contributed by atoms with Gasteiger partial charge in [-0.15, -0.1) is 0 Å². The van der Waals surface area contributed by atoms with Crippen molar-refractivity contribution in [2.24, 2.45) is 4.99 Å². The molecule has 2 heteroatoms. The quantitative estimate of drug-likeness (QED) is 0.571. The van der Waals surface area contributed by atoms with Gasteiger partial charge in [0.1, 0.15) is 6.61 Å². The minimum Gasteiger partial charge on any atom is -0.476 e. The number of hydrogen-bond acceptors (Lipinski definition) is 2. The number of aliphatic imine (C=N–C) groups is 1. The van der Waals surface area contributed by atoms with Gasteiger partial charge in [-0.3, -0.25) is 0 Å². The molecule has 1 atom stereocenters. The molecule has 0 aromatic carbocycles. The van der Waals surface area contributed by atoms with Crippen molar-refractivity contribution in [3.63, 3.8) is 0 Å². The fourth-order valence-electron chi connectivity index (χ4n) is 0.879. The van der Waals surface area contributed by atoms with Gasteiger partial charge >= 0.3 is 0 Å². The number of ether oxygens (including phenoxy) is 1. The summed E-state index contributed by atoms with van der Waals surface area (Å²) in [7, 11) is 0. The zero-order chi connectivity index (χ0) is 7.40. The predicted octanol–water partition coefficient (Wildman–Crippen LogP) is 1.77. The van der Waals surface area contributed by atoms with Crippen molar-refractivity contribution in [1.82, 2.24) is 0 Å². The van der Waals surface area contributed by atoms with Crippen LogP contribution in [-0.4, -0.2) is 18.5 Å². The molecule has 0 aliphatic carbocycles. The van der Waals surface area contributed by atoms with Gasteiger partial charge in [-0.25, -0.2) is 4.99 Å². The molecule has 10 heavy (non-hydrogen) atoms. The van der Waals surface area contributed by atoms with Crippen LogP contribution in [0.2, 0.25) is 0 Å². The van der Waals surface area contributed by atoms with Gasteiger partial charge < -0.3 is 4.74 Å². The van der Waals surface area contributed by atoms with Gasteiger partial charge in [0.05, 0.1) is 6.04 Å². The molecule has 0 aromatic heterocycles. The number of hydrogen-bond donors (Lipinski definition) is 0. The van der Waals surface area contributed by atoms with Crippen LogP contribution < -0.4 is 0 Å². The zero-order valence-electron chi connectivity index (χ0n) is 6.50. The summed E-state index contributed by atoms with van der Waals surface area (Å²) in [4.78, 5) is 4.30. The fraction of sp³-hybridized carbons (Fsp3) is 0.625. The maximum absolute atomic E-state index is 5.26. The Morgan fingerprint density at radius 1 is 1.80 bits per heavy atom. The Balaban J connectivity index is 2.48. The van der Waals surface area contributed by atoms with Crippen molar-refractivity contribution in [1.29, 1.82) is 0 Å². The van der Waals surface area contributed by atoms with Gasteiger partial charge in [-0.05, 0) is 19.4 Å². The van der Waals surface area contributed by atoms with Crippen LogP contribution >= 0.6 is 0 Å². The molecule has 0 amide bonds. The van der Waals surface area contributed by atoms with Crippen LogP contribution in [0.1, 0.15) is 20.3 Å². The minimum atomic E-state index is 0.395. The fourth-order valence-corrected chi connectivity index (χ4v) is 0.879. The molecule has 1 aliphatic rings. The number of allylic oxidation sites excluding steroid dienone is 1. The molecule has 2 nitrogen and oxygen atoms in total. The molecular weight excluding hydrogens is 126 g/mol. The molecule has 1 heterocycles. The first-order chi connectivity index (χ1) is 4.86. The van der Waals surface area contributed by atoms with E-state index in [2.05, 4.69) is 11.9 Å². The first-order valence-corrected chi connectivity index (χ1v) is 3.70. The van der Waals surface area contributed by atoms with Gasteiger partial charge in [-0.2, -0.15) is 0 Å². The van der Waals surface area contributed by atoms with Crippen molar-refractivity contribution in [2.75, 3.05) is 6.61 Å². The van der Waals surface area contributed by atoms with E-state index in [0.29, 0.717) is 6.04 Å². The number of rotatable bonds is 2. The highest BCUT2D eigenvalue weighted by atomic mass is 16.5. The average Bonchev–Trinajstić information content (AvgIpc) is 2.37. The Morgan fingerprint density at radius 2 is 2.60 bits per heavy atom. The van der Waals surface area contributed by atoms with E-state index in [1.54, 1.807) is 0 Å². The predicted molar refractivity (Wildman–Crippen MR) is 42.3 cm³/mol. The van der Waals surface area contributed by atoms with E-state index >= 15 is 0 Å². The molecule has 0 saturated carbocycles. The van der Waals surface area contributed by atoms with E-state index < -0.39 is 0 Å². The summed E-state index contributed by atoms with van der Waals surface area (Å²) in [5, 5.41) is 0. The van der Waals surface area contributed by atoms with Crippen LogP contribution in [0.3, 0.4) is 0 Å². The molecule has 0 bridgehead atoms. The maximum Gasteiger partial charge on any atom is 0.208 e. The van der Waals surface area contributed by atoms with Crippen LogP contribution in [0.25, 0.3) is 0 Å². The van der Waals surface area contributed by atoms with Gasteiger partial charge in [-0.1, -0.05) is 13.0 Å². The molecule has 1 aliphatic heterocycles. The minimum absolute atomic E-state index is 0.395. The Labute approximate surface area is 61.6 Å². The van der Waals surface area contributed by atoms with E-state index in [9.17, 15) is 0 Å². The highest BCUT2D eigenvalue weighted by Gasteiger charge is 2.13. The van der Waals surface area contributed by atoms with Crippen LogP contribution in [-0.2, 0) is 4.74 Å². The second-order valence-electron chi connectivity index (χ2n) is 2.34. The molecule has 0 spiro atoms. The summed E-state index contributed by atoms with van der Waals surface area (Å²) >= 11 is 0. The molecule has 56 valence electrons. The van der Waals surface area contributed by atoms with E-state index in [0.717, 1.165) is 18.9 Å². The zero-order valence-corrected chi connectivity index (χ0v) is 6.50. The lowest BCUT2D eigenvalue weighted by molar-refractivity contribution is 0.316. The van der Waals surface area contributed by atoms with Crippen molar-refractivity contribution < 1.29 is 4.74 Å². The summed E-state index contributed by atoms with van der Waals surface area (Å²) < 4.78 is 5.26. The second kappa shape index (κ2) is 3.40. The standard InChI is InChI=1S/C8H13NO/c1-3-5-8-9-7(4-2)6-10-8/h3,5,7H,4,6H2,1-2H3/b5-3-. The molecule has 0 saturated heterocycles. The van der Waals surface area contributed by atoms with Crippen LogP contribution in [0.15, 0.2) is 17.1 Å². The summed E-state index contributed by atoms with van der Waals surface area (Å²) in [6.07, 6.45) is 4.91. The monoisotopic (exact) mass is 139 g/mol. The van der Waals surface area contributed by atoms with Crippen molar-refractivity contribution in [3.05, 3.63) is 12.2 Å². The normalized spacial score (nSPS) is 25.0. The van der Waals surface area contributed by atoms with E-state index in [4.69, 9.17) is 4.74 Å². The van der Waals surface area contributed by atoms with Gasteiger partial charge in [0.15, 0.2) is 0 Å². The third-order valence-electron chi connectivity index (χ3n) is 1.51. The molecule has 0 N–H and O–H groups in total. The lowest BCUT2D eigenvalue weighted by atomic mass is 10.3. The lowest BCUT2D eigenvalue weighted by Gasteiger charge is -1.95.